The highest BCUT2D eigenvalue weighted by molar-refractivity contribution is 5.81. The molecule has 0 bridgehead atoms. The van der Waals surface area contributed by atoms with Crippen molar-refractivity contribution in [3.05, 3.63) is 35.9 Å². The third-order valence-electron chi connectivity index (χ3n) is 15.4. The summed E-state index contributed by atoms with van der Waals surface area (Å²) in [6.07, 6.45) is 15.6. The minimum Gasteiger partial charge on any atom is -0.462 e. The molecule has 0 aromatic heterocycles. The minimum absolute atomic E-state index is 0.0106. The van der Waals surface area contributed by atoms with Gasteiger partial charge in [0.15, 0.2) is 0 Å². The van der Waals surface area contributed by atoms with Crippen LogP contribution in [-0.4, -0.2) is 18.0 Å². The first-order chi connectivity index (χ1) is 20.5. The maximum Gasteiger partial charge on any atom is 0.309 e. The summed E-state index contributed by atoms with van der Waals surface area (Å²) >= 11 is 0. The van der Waals surface area contributed by atoms with Crippen molar-refractivity contribution in [2.75, 3.05) is 0 Å². The predicted molar refractivity (Wildman–Crippen MR) is 169 cm³/mol. The van der Waals surface area contributed by atoms with E-state index < -0.39 is 0 Å². The van der Waals surface area contributed by atoms with Crippen molar-refractivity contribution in [1.29, 1.82) is 0 Å². The Balaban J connectivity index is 0.962. The molecular formula is C39H56O4. The predicted octanol–water partition coefficient (Wildman–Crippen LogP) is 9.01. The van der Waals surface area contributed by atoms with Crippen LogP contribution in [0.2, 0.25) is 0 Å². The van der Waals surface area contributed by atoms with Gasteiger partial charge in [0, 0.05) is 0 Å². The lowest BCUT2D eigenvalue weighted by atomic mass is 9.38. The van der Waals surface area contributed by atoms with Gasteiger partial charge in [0.05, 0.1) is 11.8 Å². The smallest absolute Gasteiger partial charge is 0.309 e. The lowest BCUT2D eigenvalue weighted by Crippen LogP contribution is -2.61. The third-order valence-corrected chi connectivity index (χ3v) is 15.4. The molecule has 0 aliphatic heterocycles. The van der Waals surface area contributed by atoms with Crippen LogP contribution in [0.3, 0.4) is 0 Å². The van der Waals surface area contributed by atoms with Crippen LogP contribution in [0.1, 0.15) is 117 Å². The zero-order chi connectivity index (χ0) is 30.1. The van der Waals surface area contributed by atoms with Crippen LogP contribution in [0.15, 0.2) is 30.3 Å². The van der Waals surface area contributed by atoms with Gasteiger partial charge in [-0.25, -0.2) is 0 Å². The van der Waals surface area contributed by atoms with E-state index in [1.807, 2.05) is 37.3 Å². The van der Waals surface area contributed by atoms with Gasteiger partial charge in [-0.05, 0) is 134 Å². The number of carbonyl (C=O) groups is 2. The largest absolute Gasteiger partial charge is 0.462 e. The number of hydrogen-bond donors (Lipinski definition) is 0. The Morgan fingerprint density at radius 1 is 0.744 bits per heavy atom. The van der Waals surface area contributed by atoms with Crippen molar-refractivity contribution in [1.82, 2.24) is 0 Å². The SMILES string of the molecule is CC1C(C(=O)OCc2ccccc2)CC1C(=O)OC1CCC2(C)C(CCC3(C)C4CCC5(C)CCCC5C4CCC23)C1C. The van der Waals surface area contributed by atoms with E-state index in [0.717, 1.165) is 35.7 Å². The molecule has 4 nitrogen and oxygen atoms in total. The van der Waals surface area contributed by atoms with Gasteiger partial charge in [0.2, 0.25) is 0 Å². The molecule has 6 saturated carbocycles. The molecule has 236 valence electrons. The normalized spacial score (nSPS) is 48.5. The highest BCUT2D eigenvalue weighted by atomic mass is 16.5. The van der Waals surface area contributed by atoms with Crippen molar-refractivity contribution < 1.29 is 19.1 Å². The molecule has 6 aliphatic rings. The molecule has 13 atom stereocenters. The zero-order valence-corrected chi connectivity index (χ0v) is 27.5. The molecular weight excluding hydrogens is 532 g/mol. The van der Waals surface area contributed by atoms with Crippen LogP contribution in [0.25, 0.3) is 0 Å². The molecule has 13 unspecified atom stereocenters. The molecule has 4 heteroatoms. The second-order valence-electron chi connectivity index (χ2n) is 17.0. The third kappa shape index (κ3) is 4.73. The van der Waals surface area contributed by atoms with Gasteiger partial charge in [-0.1, -0.05) is 71.4 Å². The molecule has 0 heterocycles. The van der Waals surface area contributed by atoms with E-state index in [9.17, 15) is 9.59 Å². The monoisotopic (exact) mass is 588 g/mol. The second kappa shape index (κ2) is 10.9. The topological polar surface area (TPSA) is 52.6 Å². The second-order valence-corrected chi connectivity index (χ2v) is 17.0. The van der Waals surface area contributed by atoms with Crippen molar-refractivity contribution in [2.24, 2.45) is 69.5 Å². The van der Waals surface area contributed by atoms with Crippen LogP contribution >= 0.6 is 0 Å². The Hall–Kier alpha value is -1.84. The van der Waals surface area contributed by atoms with Crippen molar-refractivity contribution in [3.8, 4) is 0 Å². The Morgan fingerprint density at radius 2 is 1.44 bits per heavy atom. The van der Waals surface area contributed by atoms with E-state index in [-0.39, 0.29) is 35.8 Å². The van der Waals surface area contributed by atoms with Crippen LogP contribution in [-0.2, 0) is 25.7 Å². The summed E-state index contributed by atoms with van der Waals surface area (Å²) in [6, 6.07) is 9.79. The van der Waals surface area contributed by atoms with Crippen molar-refractivity contribution in [3.63, 3.8) is 0 Å². The summed E-state index contributed by atoms with van der Waals surface area (Å²) in [7, 11) is 0. The van der Waals surface area contributed by atoms with E-state index in [2.05, 4.69) is 27.7 Å². The van der Waals surface area contributed by atoms with E-state index in [0.29, 0.717) is 41.1 Å². The van der Waals surface area contributed by atoms with E-state index in [4.69, 9.17) is 9.47 Å². The van der Waals surface area contributed by atoms with E-state index >= 15 is 0 Å². The summed E-state index contributed by atoms with van der Waals surface area (Å²) in [5.74, 6) is 4.00. The molecule has 0 radical (unpaired) electrons. The van der Waals surface area contributed by atoms with Crippen LogP contribution < -0.4 is 0 Å². The fourth-order valence-electron chi connectivity index (χ4n) is 12.8. The summed E-state index contributed by atoms with van der Waals surface area (Å²) < 4.78 is 11.9. The molecule has 43 heavy (non-hydrogen) atoms. The fraction of sp³-hybridized carbons (Fsp3) is 0.795. The molecule has 6 aliphatic carbocycles. The summed E-state index contributed by atoms with van der Waals surface area (Å²) in [4.78, 5) is 26.2. The van der Waals surface area contributed by atoms with E-state index in [1.54, 1.807) is 0 Å². The Kier molecular flexibility index (Phi) is 7.57. The van der Waals surface area contributed by atoms with Gasteiger partial charge in [-0.2, -0.15) is 0 Å². The maximum atomic E-state index is 13.4. The lowest BCUT2D eigenvalue weighted by molar-refractivity contribution is -0.205. The van der Waals surface area contributed by atoms with Crippen molar-refractivity contribution in [2.45, 2.75) is 124 Å². The zero-order valence-electron chi connectivity index (χ0n) is 27.5. The molecule has 0 amide bonds. The average molecular weight is 589 g/mol. The molecule has 7 rings (SSSR count). The number of rotatable bonds is 5. The van der Waals surface area contributed by atoms with Gasteiger partial charge in [0.25, 0.3) is 0 Å². The first-order valence-electron chi connectivity index (χ1n) is 18.0. The minimum atomic E-state index is -0.207. The number of hydrogen-bond acceptors (Lipinski definition) is 4. The quantitative estimate of drug-likeness (QED) is 0.322. The van der Waals surface area contributed by atoms with Gasteiger partial charge in [-0.3, -0.25) is 9.59 Å². The summed E-state index contributed by atoms with van der Waals surface area (Å²) in [5, 5.41) is 0. The lowest BCUT2D eigenvalue weighted by Gasteiger charge is -2.67. The van der Waals surface area contributed by atoms with Gasteiger partial charge >= 0.3 is 11.9 Å². The molecule has 6 fully saturated rings. The van der Waals surface area contributed by atoms with Crippen molar-refractivity contribution >= 4 is 11.9 Å². The van der Waals surface area contributed by atoms with Gasteiger partial charge in [-0.15, -0.1) is 0 Å². The van der Waals surface area contributed by atoms with Crippen LogP contribution in [0.5, 0.6) is 0 Å². The van der Waals surface area contributed by atoms with Crippen LogP contribution in [0, 0.1) is 69.5 Å². The highest BCUT2D eigenvalue weighted by Gasteiger charge is 2.64. The van der Waals surface area contributed by atoms with Crippen LogP contribution in [0.4, 0.5) is 0 Å². The molecule has 0 spiro atoms. The fourth-order valence-corrected chi connectivity index (χ4v) is 12.8. The summed E-state index contributed by atoms with van der Waals surface area (Å²) in [6.45, 7) is 12.7. The molecule has 0 saturated heterocycles. The number of benzene rings is 1. The number of carbonyl (C=O) groups excluding carboxylic acids is 2. The van der Waals surface area contributed by atoms with Gasteiger partial charge < -0.3 is 9.47 Å². The molecule has 1 aromatic carbocycles. The van der Waals surface area contributed by atoms with E-state index in [1.165, 1.54) is 64.2 Å². The number of esters is 2. The maximum absolute atomic E-state index is 13.4. The first kappa shape index (κ1) is 29.8. The Labute approximate surface area is 260 Å². The Bertz CT molecular complexity index is 1210. The number of fused-ring (bicyclic) bond motifs is 7. The average Bonchev–Trinajstić information content (AvgIpc) is 3.39. The summed E-state index contributed by atoms with van der Waals surface area (Å²) in [5.41, 5.74) is 2.45. The Morgan fingerprint density at radius 3 is 2.21 bits per heavy atom. The first-order valence-corrected chi connectivity index (χ1v) is 18.0. The number of ether oxygens (including phenoxy) is 2. The molecule has 1 aromatic rings. The van der Waals surface area contributed by atoms with Gasteiger partial charge in [0.1, 0.15) is 12.7 Å². The highest BCUT2D eigenvalue weighted by Crippen LogP contribution is 2.71. The standard InChI is InChI=1S/C39H56O4/c1-24-28(35(40)42-23-26-10-7-6-8-11-26)22-29(24)36(41)43-33-17-21-38(4)30(25(33)2)16-20-39(5)32-15-19-37(3)18-9-12-31(37)27(32)13-14-34(38)39/h6-8,10-11,24-25,27-34H,9,12-23H2,1-5H3. The molecule has 0 N–H and O–H groups in total.